The van der Waals surface area contributed by atoms with Crippen molar-refractivity contribution in [3.05, 3.63) is 34.3 Å². The molecule has 10 heavy (non-hydrogen) atoms. The molecular weight excluding hydrogens is 188 g/mol. The van der Waals surface area contributed by atoms with Gasteiger partial charge < -0.3 is 0 Å². The van der Waals surface area contributed by atoms with Crippen LogP contribution in [0.4, 0.5) is 0 Å². The third-order valence-electron chi connectivity index (χ3n) is 1.45. The second-order valence-corrected chi connectivity index (χ2v) is 3.29. The van der Waals surface area contributed by atoms with E-state index >= 15 is 0 Å². The van der Waals surface area contributed by atoms with E-state index in [4.69, 9.17) is 0 Å². The zero-order valence-electron chi connectivity index (χ0n) is 7.10. The molecule has 0 nitrogen and oxygen atoms in total. The van der Waals surface area contributed by atoms with Gasteiger partial charge in [0, 0.05) is 4.47 Å². The summed E-state index contributed by atoms with van der Waals surface area (Å²) in [4.78, 5) is 0. The Morgan fingerprint density at radius 1 is 1.30 bits per heavy atom. The van der Waals surface area contributed by atoms with Crippen LogP contribution in [-0.4, -0.2) is 0 Å². The standard InChI is InChI=1S/C9H11Br/c1-2-3-8-4-6-9(10)7-5-8/h4-7H,2-3H2,1H3/p+1. The van der Waals surface area contributed by atoms with Crippen LogP contribution in [0.1, 0.15) is 20.3 Å². The van der Waals surface area contributed by atoms with Gasteiger partial charge in [-0.25, -0.2) is 0 Å². The fourth-order valence-electron chi connectivity index (χ4n) is 0.940. The van der Waals surface area contributed by atoms with Crippen LogP contribution in [0.25, 0.3) is 0 Å². The molecule has 0 bridgehead atoms. The molecule has 54 valence electrons. The van der Waals surface area contributed by atoms with Crippen molar-refractivity contribution in [2.45, 2.75) is 19.8 Å². The van der Waals surface area contributed by atoms with Crippen LogP contribution in [0.2, 0.25) is 0 Å². The summed E-state index contributed by atoms with van der Waals surface area (Å²) in [5.74, 6) is 0. The van der Waals surface area contributed by atoms with Crippen molar-refractivity contribution >= 4 is 15.9 Å². The zero-order chi connectivity index (χ0) is 7.40. The number of halogens is 1. The quantitative estimate of drug-likeness (QED) is 0.685. The third kappa shape index (κ3) is 2.14. The number of rotatable bonds is 2. The van der Waals surface area contributed by atoms with Gasteiger partial charge in [-0.1, -0.05) is 41.4 Å². The first-order valence-corrected chi connectivity index (χ1v) is 4.36. The van der Waals surface area contributed by atoms with Gasteiger partial charge in [-0.2, -0.15) is 0 Å². The molecule has 0 heterocycles. The van der Waals surface area contributed by atoms with Crippen LogP contribution in [-0.2, 0) is 6.42 Å². The predicted molar refractivity (Wildman–Crippen MR) is 49.2 cm³/mol. The lowest BCUT2D eigenvalue weighted by Gasteiger charge is -1.96. The van der Waals surface area contributed by atoms with Gasteiger partial charge in [-0.05, 0) is 24.1 Å². The topological polar surface area (TPSA) is 0 Å². The smallest absolute Gasteiger partial charge is 0.0651 e. The van der Waals surface area contributed by atoms with Crippen molar-refractivity contribution in [1.82, 2.24) is 0 Å². The van der Waals surface area contributed by atoms with E-state index in [-0.39, 0.29) is 1.43 Å². The molecule has 1 aromatic carbocycles. The van der Waals surface area contributed by atoms with Crippen molar-refractivity contribution in [2.24, 2.45) is 0 Å². The maximum Gasteiger partial charge on any atom is 1.00 e. The van der Waals surface area contributed by atoms with E-state index in [0.717, 1.165) is 4.47 Å². The number of hydrogen-bond donors (Lipinski definition) is 0. The Morgan fingerprint density at radius 3 is 2.40 bits per heavy atom. The maximum atomic E-state index is 3.40. The summed E-state index contributed by atoms with van der Waals surface area (Å²) in [6.45, 7) is 2.20. The molecule has 0 atom stereocenters. The van der Waals surface area contributed by atoms with Crippen LogP contribution in [0, 0.1) is 0 Å². The summed E-state index contributed by atoms with van der Waals surface area (Å²) in [5, 5.41) is 0. The van der Waals surface area contributed by atoms with Gasteiger partial charge >= 0.3 is 1.43 Å². The first-order valence-electron chi connectivity index (χ1n) is 3.57. The lowest BCUT2D eigenvalue weighted by molar-refractivity contribution is 0.921. The predicted octanol–water partition coefficient (Wildman–Crippen LogP) is 3.51. The van der Waals surface area contributed by atoms with Crippen molar-refractivity contribution in [2.75, 3.05) is 0 Å². The average Bonchev–Trinajstić information content (AvgIpc) is 1.95. The summed E-state index contributed by atoms with van der Waals surface area (Å²) in [7, 11) is 0. The fourth-order valence-corrected chi connectivity index (χ4v) is 1.20. The van der Waals surface area contributed by atoms with Gasteiger partial charge in [0.2, 0.25) is 0 Å². The second-order valence-electron chi connectivity index (χ2n) is 2.38. The molecule has 0 unspecified atom stereocenters. The highest BCUT2D eigenvalue weighted by atomic mass is 79.9. The van der Waals surface area contributed by atoms with Crippen LogP contribution in [0.15, 0.2) is 28.7 Å². The van der Waals surface area contributed by atoms with Crippen molar-refractivity contribution in [3.63, 3.8) is 0 Å². The lowest BCUT2D eigenvalue weighted by Crippen LogP contribution is -1.80. The van der Waals surface area contributed by atoms with E-state index in [0.29, 0.717) is 0 Å². The van der Waals surface area contributed by atoms with Crippen molar-refractivity contribution in [3.8, 4) is 0 Å². The van der Waals surface area contributed by atoms with Crippen molar-refractivity contribution < 1.29 is 1.43 Å². The SMILES string of the molecule is CCCc1ccc(Br)cc1.[H+]. The Kier molecular flexibility index (Phi) is 2.94. The van der Waals surface area contributed by atoms with Gasteiger partial charge in [0.15, 0.2) is 0 Å². The zero-order valence-corrected chi connectivity index (χ0v) is 7.69. The molecule has 1 heteroatoms. The highest BCUT2D eigenvalue weighted by Crippen LogP contribution is 2.11. The number of aryl methyl sites for hydroxylation is 1. The van der Waals surface area contributed by atoms with E-state index in [2.05, 4.69) is 47.1 Å². The Bertz CT molecular complexity index is 193. The first kappa shape index (κ1) is 7.80. The molecule has 0 amide bonds. The van der Waals surface area contributed by atoms with E-state index < -0.39 is 0 Å². The van der Waals surface area contributed by atoms with E-state index in [1.165, 1.54) is 18.4 Å². The van der Waals surface area contributed by atoms with Crippen LogP contribution >= 0.6 is 15.9 Å². The minimum Gasteiger partial charge on any atom is -0.0651 e. The van der Waals surface area contributed by atoms with Crippen LogP contribution in [0.5, 0.6) is 0 Å². The van der Waals surface area contributed by atoms with E-state index in [9.17, 15) is 0 Å². The Hall–Kier alpha value is -0.300. The second kappa shape index (κ2) is 3.77. The highest BCUT2D eigenvalue weighted by molar-refractivity contribution is 9.10. The van der Waals surface area contributed by atoms with E-state index in [1.54, 1.807) is 0 Å². The van der Waals surface area contributed by atoms with E-state index in [1.807, 2.05) is 0 Å². The molecule has 0 aliphatic carbocycles. The van der Waals surface area contributed by atoms with Gasteiger partial charge in [0.05, 0.1) is 0 Å². The summed E-state index contributed by atoms with van der Waals surface area (Å²) >= 11 is 3.40. The molecule has 0 N–H and O–H groups in total. The molecule has 0 radical (unpaired) electrons. The number of hydrogen-bond acceptors (Lipinski definition) is 0. The average molecular weight is 200 g/mol. The third-order valence-corrected chi connectivity index (χ3v) is 1.98. The minimum atomic E-state index is 0. The minimum absolute atomic E-state index is 0. The Balaban J connectivity index is 0.000001000. The molecule has 0 aromatic heterocycles. The molecule has 0 fully saturated rings. The molecule has 1 aromatic rings. The summed E-state index contributed by atoms with van der Waals surface area (Å²) < 4.78 is 1.16. The van der Waals surface area contributed by atoms with Gasteiger partial charge in [0.1, 0.15) is 0 Å². The van der Waals surface area contributed by atoms with Crippen LogP contribution in [0.3, 0.4) is 0 Å². The molecule has 0 saturated carbocycles. The number of benzene rings is 1. The lowest BCUT2D eigenvalue weighted by atomic mass is 10.1. The molecule has 0 saturated heterocycles. The fraction of sp³-hybridized carbons (Fsp3) is 0.333. The first-order chi connectivity index (χ1) is 4.83. The largest absolute Gasteiger partial charge is 1.00 e. The molecule has 0 aliphatic rings. The molecule has 1 rings (SSSR count). The molecule has 0 spiro atoms. The monoisotopic (exact) mass is 199 g/mol. The Labute approximate surface area is 71.9 Å². The highest BCUT2D eigenvalue weighted by Gasteiger charge is 1.88. The van der Waals surface area contributed by atoms with Crippen molar-refractivity contribution in [1.29, 1.82) is 0 Å². The van der Waals surface area contributed by atoms with Gasteiger partial charge in [-0.15, -0.1) is 0 Å². The molecular formula is C9H12Br+. The maximum absolute atomic E-state index is 3.40. The normalized spacial score (nSPS) is 9.80. The molecule has 0 aliphatic heterocycles. The summed E-state index contributed by atoms with van der Waals surface area (Å²) in [6.07, 6.45) is 2.41. The Morgan fingerprint density at radius 2 is 1.90 bits per heavy atom. The van der Waals surface area contributed by atoms with Gasteiger partial charge in [0.25, 0.3) is 0 Å². The van der Waals surface area contributed by atoms with Gasteiger partial charge in [-0.3, -0.25) is 0 Å². The van der Waals surface area contributed by atoms with Crippen LogP contribution < -0.4 is 0 Å². The summed E-state index contributed by atoms with van der Waals surface area (Å²) in [5.41, 5.74) is 1.42. The summed E-state index contributed by atoms with van der Waals surface area (Å²) in [6, 6.07) is 8.50.